The standard InChI is InChI=1S/C14H30N2O/c1-5-7-16(11-14(3,4)10-15)12(2)13-6-8-17-9-13/h12-13H,5-11,15H2,1-4H3. The Morgan fingerprint density at radius 3 is 2.65 bits per heavy atom. The van der Waals surface area contributed by atoms with E-state index in [2.05, 4.69) is 32.6 Å². The molecule has 0 aromatic carbocycles. The molecular weight excluding hydrogens is 212 g/mol. The molecule has 1 fully saturated rings. The van der Waals surface area contributed by atoms with Crippen LogP contribution in [0.15, 0.2) is 0 Å². The molecule has 1 aliphatic heterocycles. The molecule has 0 amide bonds. The van der Waals surface area contributed by atoms with E-state index in [1.165, 1.54) is 19.4 Å². The summed E-state index contributed by atoms with van der Waals surface area (Å²) in [5, 5.41) is 0. The van der Waals surface area contributed by atoms with Crippen molar-refractivity contribution in [1.82, 2.24) is 4.90 Å². The number of hydrogen-bond acceptors (Lipinski definition) is 3. The second kappa shape index (κ2) is 6.72. The Labute approximate surface area is 107 Å². The largest absolute Gasteiger partial charge is 0.381 e. The summed E-state index contributed by atoms with van der Waals surface area (Å²) in [4.78, 5) is 2.60. The van der Waals surface area contributed by atoms with Gasteiger partial charge in [-0.25, -0.2) is 0 Å². The van der Waals surface area contributed by atoms with Crippen LogP contribution in [-0.4, -0.2) is 43.8 Å². The van der Waals surface area contributed by atoms with Crippen LogP contribution in [-0.2, 0) is 4.74 Å². The average Bonchev–Trinajstić information content (AvgIpc) is 2.81. The van der Waals surface area contributed by atoms with Crippen molar-refractivity contribution >= 4 is 0 Å². The molecule has 2 atom stereocenters. The molecule has 102 valence electrons. The van der Waals surface area contributed by atoms with E-state index >= 15 is 0 Å². The van der Waals surface area contributed by atoms with Gasteiger partial charge in [-0.15, -0.1) is 0 Å². The van der Waals surface area contributed by atoms with Crippen molar-refractivity contribution in [2.45, 2.75) is 46.6 Å². The highest BCUT2D eigenvalue weighted by molar-refractivity contribution is 4.83. The fraction of sp³-hybridized carbons (Fsp3) is 1.00. The topological polar surface area (TPSA) is 38.5 Å². The Kier molecular flexibility index (Phi) is 5.90. The molecule has 0 spiro atoms. The summed E-state index contributed by atoms with van der Waals surface area (Å²) >= 11 is 0. The van der Waals surface area contributed by atoms with Crippen LogP contribution in [0.2, 0.25) is 0 Å². The second-order valence-electron chi connectivity index (χ2n) is 6.20. The monoisotopic (exact) mass is 242 g/mol. The summed E-state index contributed by atoms with van der Waals surface area (Å²) in [5.41, 5.74) is 6.06. The Morgan fingerprint density at radius 1 is 1.47 bits per heavy atom. The third kappa shape index (κ3) is 4.57. The lowest BCUT2D eigenvalue weighted by atomic mass is 9.90. The molecule has 2 N–H and O–H groups in total. The van der Waals surface area contributed by atoms with Crippen molar-refractivity contribution < 1.29 is 4.74 Å². The van der Waals surface area contributed by atoms with E-state index in [0.717, 1.165) is 26.3 Å². The molecule has 3 nitrogen and oxygen atoms in total. The maximum absolute atomic E-state index is 5.85. The molecule has 0 bridgehead atoms. The normalized spacial score (nSPS) is 23.3. The van der Waals surface area contributed by atoms with Gasteiger partial charge >= 0.3 is 0 Å². The molecule has 17 heavy (non-hydrogen) atoms. The molecule has 0 saturated carbocycles. The Bertz CT molecular complexity index is 212. The first kappa shape index (κ1) is 14.9. The quantitative estimate of drug-likeness (QED) is 0.743. The lowest BCUT2D eigenvalue weighted by Crippen LogP contribution is -2.46. The van der Waals surface area contributed by atoms with Crippen molar-refractivity contribution in [3.8, 4) is 0 Å². The Balaban J connectivity index is 2.57. The number of nitrogens with zero attached hydrogens (tertiary/aromatic N) is 1. The van der Waals surface area contributed by atoms with E-state index in [4.69, 9.17) is 10.5 Å². The van der Waals surface area contributed by atoms with Crippen LogP contribution in [0.5, 0.6) is 0 Å². The van der Waals surface area contributed by atoms with Gasteiger partial charge in [-0.2, -0.15) is 0 Å². The first-order valence-corrected chi connectivity index (χ1v) is 7.02. The highest BCUT2D eigenvalue weighted by Crippen LogP contribution is 2.24. The molecule has 0 aromatic heterocycles. The van der Waals surface area contributed by atoms with Crippen molar-refractivity contribution in [2.75, 3.05) is 32.8 Å². The lowest BCUT2D eigenvalue weighted by molar-refractivity contribution is 0.0938. The molecule has 1 aliphatic rings. The molecule has 2 unspecified atom stereocenters. The van der Waals surface area contributed by atoms with Gasteiger partial charge in [0.25, 0.3) is 0 Å². The summed E-state index contributed by atoms with van der Waals surface area (Å²) in [6.07, 6.45) is 2.42. The number of hydrogen-bond donors (Lipinski definition) is 1. The highest BCUT2D eigenvalue weighted by atomic mass is 16.5. The van der Waals surface area contributed by atoms with Gasteiger partial charge in [0.1, 0.15) is 0 Å². The molecule has 1 rings (SSSR count). The van der Waals surface area contributed by atoms with Crippen LogP contribution in [0.1, 0.15) is 40.5 Å². The zero-order valence-electron chi connectivity index (χ0n) is 12.0. The van der Waals surface area contributed by atoms with Crippen LogP contribution in [0.4, 0.5) is 0 Å². The third-order valence-corrected chi connectivity index (χ3v) is 3.92. The van der Waals surface area contributed by atoms with Crippen molar-refractivity contribution in [2.24, 2.45) is 17.1 Å². The molecule has 3 heteroatoms. The minimum atomic E-state index is 0.211. The van der Waals surface area contributed by atoms with Crippen LogP contribution in [0.25, 0.3) is 0 Å². The molecule has 0 aliphatic carbocycles. The molecule has 0 aromatic rings. The predicted molar refractivity (Wildman–Crippen MR) is 73.1 cm³/mol. The van der Waals surface area contributed by atoms with Gasteiger partial charge in [-0.05, 0) is 44.2 Å². The summed E-state index contributed by atoms with van der Waals surface area (Å²) in [5.74, 6) is 0.704. The van der Waals surface area contributed by atoms with Gasteiger partial charge in [0.05, 0.1) is 6.61 Å². The average molecular weight is 242 g/mol. The predicted octanol–water partition coefficient (Wildman–Crippen LogP) is 2.11. The smallest absolute Gasteiger partial charge is 0.0509 e. The minimum absolute atomic E-state index is 0.211. The fourth-order valence-electron chi connectivity index (χ4n) is 2.56. The third-order valence-electron chi connectivity index (χ3n) is 3.92. The van der Waals surface area contributed by atoms with Crippen LogP contribution >= 0.6 is 0 Å². The molecular formula is C14H30N2O. The molecule has 0 radical (unpaired) electrons. The summed E-state index contributed by atoms with van der Waals surface area (Å²) in [6, 6.07) is 0.614. The van der Waals surface area contributed by atoms with E-state index < -0.39 is 0 Å². The van der Waals surface area contributed by atoms with Crippen molar-refractivity contribution in [3.05, 3.63) is 0 Å². The first-order chi connectivity index (χ1) is 8.00. The van der Waals surface area contributed by atoms with E-state index in [-0.39, 0.29) is 5.41 Å². The van der Waals surface area contributed by atoms with Gasteiger partial charge in [-0.3, -0.25) is 4.90 Å². The number of ether oxygens (including phenoxy) is 1. The maximum Gasteiger partial charge on any atom is 0.0509 e. The number of rotatable bonds is 7. The van der Waals surface area contributed by atoms with Gasteiger partial charge in [0.15, 0.2) is 0 Å². The second-order valence-corrected chi connectivity index (χ2v) is 6.20. The van der Waals surface area contributed by atoms with E-state index in [1.54, 1.807) is 0 Å². The van der Waals surface area contributed by atoms with E-state index in [1.807, 2.05) is 0 Å². The van der Waals surface area contributed by atoms with Crippen molar-refractivity contribution in [1.29, 1.82) is 0 Å². The maximum atomic E-state index is 5.85. The molecule has 1 heterocycles. The van der Waals surface area contributed by atoms with Gasteiger partial charge in [0, 0.05) is 19.2 Å². The molecule has 1 saturated heterocycles. The van der Waals surface area contributed by atoms with Gasteiger partial charge in [-0.1, -0.05) is 20.8 Å². The summed E-state index contributed by atoms with van der Waals surface area (Å²) < 4.78 is 5.51. The highest BCUT2D eigenvalue weighted by Gasteiger charge is 2.29. The first-order valence-electron chi connectivity index (χ1n) is 7.02. The SMILES string of the molecule is CCCN(CC(C)(C)CN)C(C)C1CCOC1. The Morgan fingerprint density at radius 2 is 2.18 bits per heavy atom. The van der Waals surface area contributed by atoms with Crippen LogP contribution in [0.3, 0.4) is 0 Å². The zero-order chi connectivity index (χ0) is 12.9. The van der Waals surface area contributed by atoms with Crippen LogP contribution < -0.4 is 5.73 Å². The number of nitrogens with two attached hydrogens (primary N) is 1. The van der Waals surface area contributed by atoms with Gasteiger partial charge < -0.3 is 10.5 Å². The fourth-order valence-corrected chi connectivity index (χ4v) is 2.56. The summed E-state index contributed by atoms with van der Waals surface area (Å²) in [7, 11) is 0. The van der Waals surface area contributed by atoms with Crippen molar-refractivity contribution in [3.63, 3.8) is 0 Å². The van der Waals surface area contributed by atoms with E-state index in [0.29, 0.717) is 12.0 Å². The lowest BCUT2D eigenvalue weighted by Gasteiger charge is -2.38. The van der Waals surface area contributed by atoms with Crippen LogP contribution in [0, 0.1) is 11.3 Å². The zero-order valence-corrected chi connectivity index (χ0v) is 12.0. The summed E-state index contributed by atoms with van der Waals surface area (Å²) in [6.45, 7) is 14.0. The Hall–Kier alpha value is -0.120. The van der Waals surface area contributed by atoms with Gasteiger partial charge in [0.2, 0.25) is 0 Å². The van der Waals surface area contributed by atoms with E-state index in [9.17, 15) is 0 Å². The minimum Gasteiger partial charge on any atom is -0.381 e.